The number of amides is 2. The number of unbranched alkanes of at least 4 members (excludes halogenated alkanes) is 1. The first-order chi connectivity index (χ1) is 14.1. The molecule has 0 saturated heterocycles. The van der Waals surface area contributed by atoms with Crippen molar-refractivity contribution in [2.75, 3.05) is 23.4 Å². The Bertz CT molecular complexity index is 1120. The lowest BCUT2D eigenvalue weighted by Crippen LogP contribution is -2.30. The molecule has 0 spiro atoms. The smallest absolute Gasteiger partial charge is 0.270 e. The predicted molar refractivity (Wildman–Crippen MR) is 116 cm³/mol. The molecule has 1 heterocycles. The van der Waals surface area contributed by atoms with Crippen LogP contribution in [0.1, 0.15) is 33.6 Å². The first kappa shape index (κ1) is 18.7. The zero-order valence-corrected chi connectivity index (χ0v) is 16.3. The number of nitrogens with zero attached hydrogens (tertiary/aromatic N) is 2. The first-order valence-corrected chi connectivity index (χ1v) is 9.59. The van der Waals surface area contributed by atoms with Crippen molar-refractivity contribution in [3.05, 3.63) is 78.4 Å². The minimum absolute atomic E-state index is 0.0723. The van der Waals surface area contributed by atoms with Gasteiger partial charge in [0.1, 0.15) is 5.75 Å². The highest BCUT2D eigenvalue weighted by atomic mass is 16.3. The van der Waals surface area contributed by atoms with E-state index in [-0.39, 0.29) is 16.9 Å². The maximum absolute atomic E-state index is 13.4. The summed E-state index contributed by atoms with van der Waals surface area (Å²) < 4.78 is 0. The van der Waals surface area contributed by atoms with Gasteiger partial charge in [0.05, 0.1) is 22.5 Å². The molecule has 0 fully saturated rings. The van der Waals surface area contributed by atoms with Gasteiger partial charge in [0.15, 0.2) is 0 Å². The van der Waals surface area contributed by atoms with E-state index in [0.717, 1.165) is 23.1 Å². The number of fused-ring (bicyclic) bond motifs is 2. The van der Waals surface area contributed by atoms with Crippen LogP contribution in [0.3, 0.4) is 0 Å². The molecule has 146 valence electrons. The van der Waals surface area contributed by atoms with Crippen molar-refractivity contribution in [1.82, 2.24) is 0 Å². The molecule has 5 nitrogen and oxygen atoms in total. The third-order valence-corrected chi connectivity index (χ3v) is 5.29. The molecule has 2 amide bonds. The van der Waals surface area contributed by atoms with Gasteiger partial charge >= 0.3 is 0 Å². The maximum atomic E-state index is 13.4. The summed E-state index contributed by atoms with van der Waals surface area (Å²) in [6.45, 7) is 4.45. The summed E-state index contributed by atoms with van der Waals surface area (Å²) in [6, 6.07) is 16.1. The molecule has 0 atom stereocenters. The number of carbonyl (C=O) groups excluding carboxylic acids is 2. The number of phenols is 1. The van der Waals surface area contributed by atoms with Gasteiger partial charge in [-0.05, 0) is 25.0 Å². The van der Waals surface area contributed by atoms with Crippen LogP contribution in [-0.4, -0.2) is 30.5 Å². The van der Waals surface area contributed by atoms with Crippen LogP contribution in [0.5, 0.6) is 5.75 Å². The van der Waals surface area contributed by atoms with Gasteiger partial charge < -0.3 is 10.0 Å². The van der Waals surface area contributed by atoms with Crippen LogP contribution < -0.4 is 9.80 Å². The maximum Gasteiger partial charge on any atom is 0.270 e. The number of para-hydroxylation sites is 1. The quantitative estimate of drug-likeness (QED) is 0.377. The van der Waals surface area contributed by atoms with Crippen molar-refractivity contribution in [1.29, 1.82) is 0 Å². The number of hydrogen-bond donors (Lipinski definition) is 1. The zero-order chi connectivity index (χ0) is 20.5. The van der Waals surface area contributed by atoms with Gasteiger partial charge in [-0.2, -0.15) is 0 Å². The Balaban J connectivity index is 1.95. The molecule has 29 heavy (non-hydrogen) atoms. The Kier molecular flexibility index (Phi) is 4.80. The van der Waals surface area contributed by atoms with Crippen molar-refractivity contribution < 1.29 is 14.7 Å². The first-order valence-electron chi connectivity index (χ1n) is 9.59. The van der Waals surface area contributed by atoms with Crippen molar-refractivity contribution >= 4 is 34.0 Å². The Morgan fingerprint density at radius 3 is 2.28 bits per heavy atom. The van der Waals surface area contributed by atoms with Crippen LogP contribution in [0.15, 0.2) is 67.3 Å². The molecular formula is C24H22N2O3. The summed E-state index contributed by atoms with van der Waals surface area (Å²) >= 11 is 0. The molecule has 0 unspecified atom stereocenters. The highest BCUT2D eigenvalue weighted by Crippen LogP contribution is 2.45. The lowest BCUT2D eigenvalue weighted by atomic mass is 9.97. The molecule has 1 aliphatic heterocycles. The van der Waals surface area contributed by atoms with E-state index < -0.39 is 11.8 Å². The van der Waals surface area contributed by atoms with Crippen molar-refractivity contribution in [2.24, 2.45) is 0 Å². The van der Waals surface area contributed by atoms with Crippen molar-refractivity contribution in [3.63, 3.8) is 0 Å². The number of imide groups is 1. The highest BCUT2D eigenvalue weighted by molar-refractivity contribution is 6.39. The van der Waals surface area contributed by atoms with Crippen molar-refractivity contribution in [2.45, 2.75) is 12.8 Å². The summed E-state index contributed by atoms with van der Waals surface area (Å²) in [7, 11) is 1.91. The highest BCUT2D eigenvalue weighted by Gasteiger charge is 2.42. The second-order valence-electron chi connectivity index (χ2n) is 7.13. The third-order valence-electron chi connectivity index (χ3n) is 5.29. The SMILES string of the molecule is C=CCCCN(C)c1c2c(c(O)c3ccccc13)C(=O)N(c1ccccc1)C2=O. The van der Waals surface area contributed by atoms with Crippen molar-refractivity contribution in [3.8, 4) is 5.75 Å². The second kappa shape index (κ2) is 7.43. The summed E-state index contributed by atoms with van der Waals surface area (Å²) in [5, 5.41) is 12.2. The summed E-state index contributed by atoms with van der Waals surface area (Å²) in [4.78, 5) is 29.8. The van der Waals surface area contributed by atoms with E-state index in [4.69, 9.17) is 0 Å². The lowest BCUT2D eigenvalue weighted by Gasteiger charge is -2.24. The van der Waals surface area contributed by atoms with Crippen LogP contribution in [0.2, 0.25) is 0 Å². The Labute approximate surface area is 169 Å². The molecule has 1 aliphatic rings. The molecule has 3 aromatic carbocycles. The molecule has 0 aliphatic carbocycles. The van der Waals surface area contributed by atoms with Gasteiger partial charge in [0.2, 0.25) is 0 Å². The standard InChI is InChI=1S/C24H22N2O3/c1-3-4-10-15-25(2)21-17-13-8-9-14-18(17)22(27)20-19(21)23(28)26(24(20)29)16-11-6-5-7-12-16/h3,5-9,11-14,27H,1,4,10,15H2,2H3. The number of allylic oxidation sites excluding steroid dienone is 1. The van der Waals surface area contributed by atoms with Gasteiger partial charge in [-0.3, -0.25) is 9.59 Å². The van der Waals surface area contributed by atoms with E-state index in [1.54, 1.807) is 30.3 Å². The van der Waals surface area contributed by atoms with E-state index in [2.05, 4.69) is 6.58 Å². The number of rotatable bonds is 6. The molecule has 0 aromatic heterocycles. The Morgan fingerprint density at radius 1 is 0.966 bits per heavy atom. The predicted octanol–water partition coefficient (Wildman–Crippen LogP) is 4.75. The number of aromatic hydroxyl groups is 1. The molecule has 1 N–H and O–H groups in total. The molecule has 0 bridgehead atoms. The molecule has 4 rings (SSSR count). The molecular weight excluding hydrogens is 364 g/mol. The zero-order valence-electron chi connectivity index (χ0n) is 16.3. The molecule has 5 heteroatoms. The number of carbonyl (C=O) groups is 2. The van der Waals surface area contributed by atoms with Gasteiger partial charge in [-0.15, -0.1) is 6.58 Å². The summed E-state index contributed by atoms with van der Waals surface area (Å²) in [5.41, 5.74) is 1.50. The van der Waals surface area contributed by atoms with E-state index in [1.165, 1.54) is 0 Å². The normalized spacial score (nSPS) is 13.1. The Morgan fingerprint density at radius 2 is 1.59 bits per heavy atom. The molecule has 0 radical (unpaired) electrons. The monoisotopic (exact) mass is 386 g/mol. The van der Waals surface area contributed by atoms with Crippen LogP contribution in [-0.2, 0) is 0 Å². The minimum atomic E-state index is -0.500. The average molecular weight is 386 g/mol. The van der Waals surface area contributed by atoms with Crippen LogP contribution >= 0.6 is 0 Å². The molecule has 0 saturated carbocycles. The van der Waals surface area contributed by atoms with Crippen LogP contribution in [0.4, 0.5) is 11.4 Å². The fourth-order valence-electron chi connectivity index (χ4n) is 3.93. The second-order valence-corrected chi connectivity index (χ2v) is 7.13. The lowest BCUT2D eigenvalue weighted by molar-refractivity contribution is 0.0926. The minimum Gasteiger partial charge on any atom is -0.506 e. The number of hydrogen-bond acceptors (Lipinski definition) is 4. The van der Waals surface area contributed by atoms with Gasteiger partial charge in [0.25, 0.3) is 11.8 Å². The fourth-order valence-corrected chi connectivity index (χ4v) is 3.93. The summed E-state index contributed by atoms with van der Waals surface area (Å²) in [6.07, 6.45) is 3.58. The van der Waals surface area contributed by atoms with E-state index in [0.29, 0.717) is 23.3 Å². The molecule has 3 aromatic rings. The van der Waals surface area contributed by atoms with E-state index >= 15 is 0 Å². The number of phenolic OH excluding ortho intramolecular Hbond substituents is 1. The number of benzene rings is 3. The third kappa shape index (κ3) is 2.95. The largest absolute Gasteiger partial charge is 0.506 e. The summed E-state index contributed by atoms with van der Waals surface area (Å²) in [5.74, 6) is -1.06. The van der Waals surface area contributed by atoms with Gasteiger partial charge in [-0.25, -0.2) is 4.90 Å². The topological polar surface area (TPSA) is 60.9 Å². The van der Waals surface area contributed by atoms with Gasteiger partial charge in [0, 0.05) is 24.4 Å². The van der Waals surface area contributed by atoms with E-state index in [9.17, 15) is 14.7 Å². The fraction of sp³-hybridized carbons (Fsp3) is 0.167. The van der Waals surface area contributed by atoms with Crippen LogP contribution in [0.25, 0.3) is 10.8 Å². The average Bonchev–Trinajstić information content (AvgIpc) is 3.00. The number of anilines is 2. The van der Waals surface area contributed by atoms with Crippen LogP contribution in [0, 0.1) is 0 Å². The van der Waals surface area contributed by atoms with E-state index in [1.807, 2.05) is 42.3 Å². The Hall–Kier alpha value is -3.60. The van der Waals surface area contributed by atoms with Gasteiger partial charge in [-0.1, -0.05) is 48.5 Å².